The Kier molecular flexibility index (Phi) is 2.39. The third-order valence-corrected chi connectivity index (χ3v) is 2.93. The molecule has 0 atom stereocenters. The van der Waals surface area contributed by atoms with Gasteiger partial charge in [0.15, 0.2) is 0 Å². The molecule has 19 heavy (non-hydrogen) atoms. The highest BCUT2D eigenvalue weighted by atomic mass is 15.0. The quantitative estimate of drug-likeness (QED) is 0.706. The van der Waals surface area contributed by atoms with Crippen molar-refractivity contribution < 1.29 is 0 Å². The van der Waals surface area contributed by atoms with E-state index in [-0.39, 0.29) is 5.95 Å². The smallest absolute Gasteiger partial charge is 0.220 e. The Morgan fingerprint density at radius 2 is 2.05 bits per heavy atom. The molecule has 6 nitrogen and oxygen atoms in total. The summed E-state index contributed by atoms with van der Waals surface area (Å²) in [7, 11) is 1.88. The van der Waals surface area contributed by atoms with Crippen LogP contribution in [0.5, 0.6) is 0 Å². The molecule has 0 fully saturated rings. The lowest BCUT2D eigenvalue weighted by atomic mass is 10.1. The minimum Gasteiger partial charge on any atom is -0.368 e. The number of hydrogen-bond donors (Lipinski definition) is 1. The fourth-order valence-corrected chi connectivity index (χ4v) is 2.11. The molecular weight excluding hydrogens is 240 g/mol. The highest BCUT2D eigenvalue weighted by Crippen LogP contribution is 2.30. The highest BCUT2D eigenvalue weighted by Gasteiger charge is 2.14. The van der Waals surface area contributed by atoms with E-state index in [0.717, 1.165) is 16.6 Å². The maximum atomic E-state index is 9.23. The summed E-state index contributed by atoms with van der Waals surface area (Å²) in [5.41, 5.74) is 8.43. The Labute approximate surface area is 109 Å². The minimum absolute atomic E-state index is 0.205. The Morgan fingerprint density at radius 3 is 2.79 bits per heavy atom. The number of anilines is 1. The lowest BCUT2D eigenvalue weighted by Crippen LogP contribution is -1.95. The molecule has 3 rings (SSSR count). The van der Waals surface area contributed by atoms with Gasteiger partial charge in [0.1, 0.15) is 5.65 Å². The van der Waals surface area contributed by atoms with Crippen LogP contribution in [0.15, 0.2) is 30.7 Å². The van der Waals surface area contributed by atoms with Crippen LogP contribution in [-0.4, -0.2) is 19.5 Å². The van der Waals surface area contributed by atoms with E-state index in [1.807, 2.05) is 17.8 Å². The molecule has 3 heterocycles. The van der Waals surface area contributed by atoms with Crippen LogP contribution in [-0.2, 0) is 7.05 Å². The van der Waals surface area contributed by atoms with Crippen molar-refractivity contribution in [3.05, 3.63) is 36.3 Å². The molecule has 0 amide bonds. The van der Waals surface area contributed by atoms with Crippen molar-refractivity contribution in [2.75, 3.05) is 5.73 Å². The number of nitrogens with zero attached hydrogens (tertiary/aromatic N) is 5. The van der Waals surface area contributed by atoms with Gasteiger partial charge in [0.2, 0.25) is 5.95 Å². The molecule has 0 aliphatic carbocycles. The zero-order valence-corrected chi connectivity index (χ0v) is 10.2. The number of nitrogen functional groups attached to an aromatic ring is 1. The van der Waals surface area contributed by atoms with Gasteiger partial charge in [0.05, 0.1) is 17.3 Å². The van der Waals surface area contributed by atoms with E-state index in [0.29, 0.717) is 11.3 Å². The van der Waals surface area contributed by atoms with Gasteiger partial charge in [-0.15, -0.1) is 0 Å². The van der Waals surface area contributed by atoms with Crippen molar-refractivity contribution in [1.82, 2.24) is 19.5 Å². The first kappa shape index (κ1) is 11.2. The van der Waals surface area contributed by atoms with Crippen molar-refractivity contribution in [3.8, 4) is 17.3 Å². The number of pyridine rings is 1. The van der Waals surface area contributed by atoms with E-state index in [2.05, 4.69) is 21.0 Å². The average molecular weight is 250 g/mol. The Morgan fingerprint density at radius 1 is 1.26 bits per heavy atom. The Bertz CT molecular complexity index is 812. The molecule has 0 saturated heterocycles. The second-order valence-corrected chi connectivity index (χ2v) is 4.12. The van der Waals surface area contributed by atoms with Crippen LogP contribution in [0.4, 0.5) is 5.95 Å². The van der Waals surface area contributed by atoms with Gasteiger partial charge < -0.3 is 10.3 Å². The standard InChI is InChI=1S/C13H10N6/c1-19-7-9(10-3-5-17-13(15)18-10)11-8(6-14)2-4-16-12(11)19/h2-5,7H,1H3,(H2,15,17,18). The van der Waals surface area contributed by atoms with Gasteiger partial charge in [-0.3, -0.25) is 0 Å². The number of fused-ring (bicyclic) bond motifs is 1. The van der Waals surface area contributed by atoms with Crippen LogP contribution >= 0.6 is 0 Å². The van der Waals surface area contributed by atoms with Crippen LogP contribution in [0.1, 0.15) is 5.56 Å². The van der Waals surface area contributed by atoms with Crippen LogP contribution in [0.2, 0.25) is 0 Å². The molecular formula is C13H10N6. The minimum atomic E-state index is 0.205. The molecule has 0 bridgehead atoms. The van der Waals surface area contributed by atoms with Crippen molar-refractivity contribution in [3.63, 3.8) is 0 Å². The molecule has 0 unspecified atom stereocenters. The number of aromatic nitrogens is 4. The van der Waals surface area contributed by atoms with Gasteiger partial charge in [0, 0.05) is 36.6 Å². The van der Waals surface area contributed by atoms with Gasteiger partial charge in [-0.2, -0.15) is 5.26 Å². The van der Waals surface area contributed by atoms with E-state index in [9.17, 15) is 5.26 Å². The number of hydrogen-bond acceptors (Lipinski definition) is 5. The molecule has 2 N–H and O–H groups in total. The third kappa shape index (κ3) is 1.68. The van der Waals surface area contributed by atoms with Gasteiger partial charge in [-0.1, -0.05) is 0 Å². The topological polar surface area (TPSA) is 93.4 Å². The summed E-state index contributed by atoms with van der Waals surface area (Å²) in [6.07, 6.45) is 5.11. The molecule has 0 spiro atoms. The lowest BCUT2D eigenvalue weighted by molar-refractivity contribution is 0.948. The fraction of sp³-hybridized carbons (Fsp3) is 0.0769. The number of rotatable bonds is 1. The molecule has 0 aromatic carbocycles. The van der Waals surface area contributed by atoms with Crippen LogP contribution < -0.4 is 5.73 Å². The van der Waals surface area contributed by atoms with Gasteiger partial charge >= 0.3 is 0 Å². The van der Waals surface area contributed by atoms with Crippen molar-refractivity contribution in [1.29, 1.82) is 5.26 Å². The van der Waals surface area contributed by atoms with E-state index >= 15 is 0 Å². The van der Waals surface area contributed by atoms with Crippen LogP contribution in [0.25, 0.3) is 22.3 Å². The van der Waals surface area contributed by atoms with Gasteiger partial charge in [-0.25, -0.2) is 15.0 Å². The fourth-order valence-electron chi connectivity index (χ4n) is 2.11. The SMILES string of the molecule is Cn1cc(-c2ccnc(N)n2)c2c(C#N)ccnc21. The summed E-state index contributed by atoms with van der Waals surface area (Å²) < 4.78 is 1.86. The molecule has 0 aliphatic heterocycles. The van der Waals surface area contributed by atoms with Crippen molar-refractivity contribution >= 4 is 17.0 Å². The zero-order chi connectivity index (χ0) is 13.4. The first-order valence-electron chi connectivity index (χ1n) is 5.63. The van der Waals surface area contributed by atoms with E-state index in [1.54, 1.807) is 24.5 Å². The predicted octanol–water partition coefficient (Wildman–Crippen LogP) is 1.48. The normalized spacial score (nSPS) is 10.5. The van der Waals surface area contributed by atoms with E-state index in [4.69, 9.17) is 5.73 Å². The lowest BCUT2D eigenvalue weighted by Gasteiger charge is -2.00. The van der Waals surface area contributed by atoms with Crippen LogP contribution in [0.3, 0.4) is 0 Å². The summed E-state index contributed by atoms with van der Waals surface area (Å²) in [6, 6.07) is 5.63. The Balaban J connectivity index is 2.39. The van der Waals surface area contributed by atoms with E-state index < -0.39 is 0 Å². The molecule has 0 aliphatic rings. The maximum absolute atomic E-state index is 9.23. The molecule has 0 radical (unpaired) electrons. The van der Waals surface area contributed by atoms with Crippen molar-refractivity contribution in [2.45, 2.75) is 0 Å². The second-order valence-electron chi connectivity index (χ2n) is 4.12. The molecule has 0 saturated carbocycles. The van der Waals surface area contributed by atoms with Gasteiger partial charge in [0.25, 0.3) is 0 Å². The van der Waals surface area contributed by atoms with Crippen LogP contribution in [0, 0.1) is 11.3 Å². The Hall–Kier alpha value is -2.94. The van der Waals surface area contributed by atoms with Gasteiger partial charge in [-0.05, 0) is 12.1 Å². The second kappa shape index (κ2) is 4.07. The number of nitriles is 1. The molecule has 3 aromatic rings. The first-order valence-corrected chi connectivity index (χ1v) is 5.63. The monoisotopic (exact) mass is 250 g/mol. The predicted molar refractivity (Wildman–Crippen MR) is 70.9 cm³/mol. The van der Waals surface area contributed by atoms with E-state index in [1.165, 1.54) is 0 Å². The van der Waals surface area contributed by atoms with Crippen molar-refractivity contribution in [2.24, 2.45) is 7.05 Å². The molecule has 92 valence electrons. The maximum Gasteiger partial charge on any atom is 0.220 e. The molecule has 6 heteroatoms. The number of aryl methyl sites for hydroxylation is 1. The first-order chi connectivity index (χ1) is 9.20. The summed E-state index contributed by atoms with van der Waals surface area (Å²) in [4.78, 5) is 12.4. The number of nitrogens with two attached hydrogens (primary N) is 1. The molecule has 3 aromatic heterocycles. The highest BCUT2D eigenvalue weighted by molar-refractivity contribution is 5.97. The summed E-state index contributed by atoms with van der Waals surface area (Å²) in [5, 5.41) is 10.0. The zero-order valence-electron chi connectivity index (χ0n) is 10.2. The summed E-state index contributed by atoms with van der Waals surface area (Å²) >= 11 is 0. The largest absolute Gasteiger partial charge is 0.368 e. The summed E-state index contributed by atoms with van der Waals surface area (Å²) in [6.45, 7) is 0. The average Bonchev–Trinajstić information content (AvgIpc) is 2.76. The third-order valence-electron chi connectivity index (χ3n) is 2.93. The summed E-state index contributed by atoms with van der Waals surface area (Å²) in [5.74, 6) is 0.205.